The molecule has 1 aliphatic rings. The van der Waals surface area contributed by atoms with E-state index in [1.54, 1.807) is 4.90 Å². The minimum absolute atomic E-state index is 0.117. The third-order valence-corrected chi connectivity index (χ3v) is 6.14. The van der Waals surface area contributed by atoms with Gasteiger partial charge in [-0.3, -0.25) is 9.59 Å². The number of carbonyl (C=O) groups is 2. The summed E-state index contributed by atoms with van der Waals surface area (Å²) in [5.41, 5.74) is 4.06. The molecule has 0 spiro atoms. The van der Waals surface area contributed by atoms with Crippen molar-refractivity contribution >= 4 is 50.8 Å². The molecule has 144 valence electrons. The van der Waals surface area contributed by atoms with E-state index in [1.165, 1.54) is 0 Å². The summed E-state index contributed by atoms with van der Waals surface area (Å²) in [5, 5.41) is 1.11. The summed E-state index contributed by atoms with van der Waals surface area (Å²) in [6, 6.07) is 15.2. The van der Waals surface area contributed by atoms with E-state index < -0.39 is 0 Å². The molecular formula is C21H18BrClN2O3. The first-order chi connectivity index (χ1) is 13.7. The Morgan fingerprint density at radius 3 is 2.75 bits per heavy atom. The number of carbonyl (C=O) groups excluding carboxylic acids is 2. The Kier molecular flexibility index (Phi) is 5.42. The normalized spacial score (nSPS) is 18.7. The molecule has 1 aliphatic heterocycles. The first-order valence-electron chi connectivity index (χ1n) is 8.92. The first kappa shape index (κ1) is 19.0. The first-order valence-corrected chi connectivity index (χ1v) is 10.2. The molecule has 4 rings (SSSR count). The average molecular weight is 462 g/mol. The quantitative estimate of drug-likeness (QED) is 0.458. The van der Waals surface area contributed by atoms with Gasteiger partial charge in [0, 0.05) is 21.1 Å². The summed E-state index contributed by atoms with van der Waals surface area (Å²) >= 11 is 9.59. The number of hydrogen-bond acceptors (Lipinski definition) is 3. The molecule has 0 unspecified atom stereocenters. The Bertz CT molecular complexity index is 1040. The molecule has 2 atom stereocenters. The van der Waals surface area contributed by atoms with Crippen molar-refractivity contribution in [2.24, 2.45) is 0 Å². The molecule has 5 nitrogen and oxygen atoms in total. The van der Waals surface area contributed by atoms with Gasteiger partial charge in [0.25, 0.3) is 6.47 Å². The van der Waals surface area contributed by atoms with Crippen molar-refractivity contribution in [3.05, 3.63) is 69.8 Å². The topological polar surface area (TPSA) is 62.4 Å². The Morgan fingerprint density at radius 1 is 1.25 bits per heavy atom. The largest absolute Gasteiger partial charge is 0.466 e. The number of para-hydroxylation sites is 1. The van der Waals surface area contributed by atoms with Gasteiger partial charge >= 0.3 is 0 Å². The number of amides is 1. The van der Waals surface area contributed by atoms with Crippen LogP contribution in [0.5, 0.6) is 0 Å². The van der Waals surface area contributed by atoms with E-state index in [9.17, 15) is 9.59 Å². The number of aromatic nitrogens is 1. The van der Waals surface area contributed by atoms with Crippen molar-refractivity contribution in [1.82, 2.24) is 9.88 Å². The van der Waals surface area contributed by atoms with Crippen molar-refractivity contribution in [3.63, 3.8) is 0 Å². The summed E-state index contributed by atoms with van der Waals surface area (Å²) in [6.07, 6.45) is 0.580. The molecule has 28 heavy (non-hydrogen) atoms. The van der Waals surface area contributed by atoms with E-state index in [2.05, 4.69) is 27.0 Å². The van der Waals surface area contributed by atoms with Crippen LogP contribution < -0.4 is 0 Å². The average Bonchev–Trinajstić information content (AvgIpc) is 3.09. The van der Waals surface area contributed by atoms with Crippen molar-refractivity contribution in [3.8, 4) is 0 Å². The number of nitrogens with zero attached hydrogens (tertiary/aromatic N) is 1. The van der Waals surface area contributed by atoms with Crippen LogP contribution in [0.2, 0.25) is 0 Å². The van der Waals surface area contributed by atoms with Gasteiger partial charge in [-0.2, -0.15) is 0 Å². The predicted molar refractivity (Wildman–Crippen MR) is 111 cm³/mol. The number of hydrogen-bond donors (Lipinski definition) is 1. The SMILES string of the molecule is O=COC[C@H]1Cc2c([nH]c3ccccc23)[C@@H](c2ccccc2Br)N1C(=O)CCl. The van der Waals surface area contributed by atoms with Crippen molar-refractivity contribution in [2.45, 2.75) is 18.5 Å². The van der Waals surface area contributed by atoms with Gasteiger partial charge in [-0.15, -0.1) is 11.6 Å². The van der Waals surface area contributed by atoms with Crippen LogP contribution >= 0.6 is 27.5 Å². The molecular weight excluding hydrogens is 444 g/mol. The second kappa shape index (κ2) is 7.97. The van der Waals surface area contributed by atoms with Gasteiger partial charge in [-0.1, -0.05) is 52.3 Å². The van der Waals surface area contributed by atoms with Crippen molar-refractivity contribution < 1.29 is 14.3 Å². The fraction of sp³-hybridized carbons (Fsp3) is 0.238. The van der Waals surface area contributed by atoms with E-state index >= 15 is 0 Å². The van der Waals surface area contributed by atoms with Gasteiger partial charge in [-0.05, 0) is 29.7 Å². The fourth-order valence-electron chi connectivity index (χ4n) is 4.07. The highest BCUT2D eigenvalue weighted by atomic mass is 79.9. The summed E-state index contributed by atoms with van der Waals surface area (Å²) in [4.78, 5) is 29.0. The molecule has 0 bridgehead atoms. The number of halogens is 2. The minimum Gasteiger partial charge on any atom is -0.466 e. The monoisotopic (exact) mass is 460 g/mol. The number of fused-ring (bicyclic) bond motifs is 3. The molecule has 1 N–H and O–H groups in total. The molecule has 1 amide bonds. The van der Waals surface area contributed by atoms with Crippen LogP contribution in [0.4, 0.5) is 0 Å². The number of ether oxygens (including phenoxy) is 1. The van der Waals surface area contributed by atoms with Gasteiger partial charge in [0.05, 0.1) is 12.1 Å². The number of benzene rings is 2. The lowest BCUT2D eigenvalue weighted by atomic mass is 9.88. The van der Waals surface area contributed by atoms with Crippen LogP contribution in [0.15, 0.2) is 53.0 Å². The van der Waals surface area contributed by atoms with Crippen LogP contribution in [-0.4, -0.2) is 40.8 Å². The molecule has 0 fully saturated rings. The Hall–Kier alpha value is -2.31. The third kappa shape index (κ3) is 3.20. The summed E-state index contributed by atoms with van der Waals surface area (Å²) < 4.78 is 5.97. The predicted octanol–water partition coefficient (Wildman–Crippen LogP) is 4.18. The van der Waals surface area contributed by atoms with Crippen LogP contribution in [0.25, 0.3) is 10.9 Å². The molecule has 1 aromatic heterocycles. The number of rotatable bonds is 5. The van der Waals surface area contributed by atoms with E-state index in [4.69, 9.17) is 16.3 Å². The Labute approximate surface area is 175 Å². The Morgan fingerprint density at radius 2 is 2.00 bits per heavy atom. The lowest BCUT2D eigenvalue weighted by Gasteiger charge is -2.42. The van der Waals surface area contributed by atoms with Crippen LogP contribution in [0, 0.1) is 0 Å². The van der Waals surface area contributed by atoms with E-state index in [0.29, 0.717) is 12.9 Å². The van der Waals surface area contributed by atoms with Crippen LogP contribution in [-0.2, 0) is 20.7 Å². The summed E-state index contributed by atoms with van der Waals surface area (Å²) in [6.45, 7) is 0.535. The second-order valence-corrected chi connectivity index (χ2v) is 7.83. The van der Waals surface area contributed by atoms with Gasteiger partial charge in [0.2, 0.25) is 5.91 Å². The molecule has 0 radical (unpaired) electrons. The molecule has 0 aliphatic carbocycles. The van der Waals surface area contributed by atoms with Crippen molar-refractivity contribution in [2.75, 3.05) is 12.5 Å². The number of nitrogens with one attached hydrogen (secondary N) is 1. The lowest BCUT2D eigenvalue weighted by Crippen LogP contribution is -2.50. The van der Waals surface area contributed by atoms with Crippen LogP contribution in [0.1, 0.15) is 22.9 Å². The maximum Gasteiger partial charge on any atom is 0.293 e. The van der Waals surface area contributed by atoms with E-state index in [0.717, 1.165) is 32.2 Å². The lowest BCUT2D eigenvalue weighted by molar-refractivity contribution is -0.139. The van der Waals surface area contributed by atoms with Crippen molar-refractivity contribution in [1.29, 1.82) is 0 Å². The standard InChI is InChI=1S/C21H18BrClN2O3/c22-17-7-3-1-6-15(17)21-20-16(14-5-2-4-8-18(14)24-20)9-13(11-28-12-26)25(21)19(27)10-23/h1-8,12-13,21,24H,9-11H2/t13-,21-/m1/s1. The minimum atomic E-state index is -0.363. The maximum atomic E-state index is 12.9. The molecule has 0 saturated carbocycles. The highest BCUT2D eigenvalue weighted by Crippen LogP contribution is 2.42. The van der Waals surface area contributed by atoms with Gasteiger partial charge in [0.15, 0.2) is 0 Å². The molecule has 3 aromatic rings. The number of alkyl halides is 1. The highest BCUT2D eigenvalue weighted by Gasteiger charge is 2.40. The molecule has 2 heterocycles. The Balaban J connectivity index is 1.95. The smallest absolute Gasteiger partial charge is 0.293 e. The zero-order chi connectivity index (χ0) is 19.7. The fourth-order valence-corrected chi connectivity index (χ4v) is 4.71. The summed E-state index contributed by atoms with van der Waals surface area (Å²) in [7, 11) is 0. The van der Waals surface area contributed by atoms with E-state index in [-0.39, 0.29) is 30.5 Å². The zero-order valence-electron chi connectivity index (χ0n) is 14.9. The van der Waals surface area contributed by atoms with Gasteiger partial charge < -0.3 is 14.6 Å². The van der Waals surface area contributed by atoms with E-state index in [1.807, 2.05) is 42.5 Å². The number of aromatic amines is 1. The van der Waals surface area contributed by atoms with Gasteiger partial charge in [0.1, 0.15) is 12.5 Å². The summed E-state index contributed by atoms with van der Waals surface area (Å²) in [5.74, 6) is -0.347. The highest BCUT2D eigenvalue weighted by molar-refractivity contribution is 9.10. The maximum absolute atomic E-state index is 12.9. The second-order valence-electron chi connectivity index (χ2n) is 6.71. The third-order valence-electron chi connectivity index (χ3n) is 5.19. The number of H-pyrrole nitrogens is 1. The van der Waals surface area contributed by atoms with Gasteiger partial charge in [-0.25, -0.2) is 0 Å². The van der Waals surface area contributed by atoms with Crippen LogP contribution in [0.3, 0.4) is 0 Å². The molecule has 2 aromatic carbocycles. The molecule has 0 saturated heterocycles. The molecule has 7 heteroatoms. The zero-order valence-corrected chi connectivity index (χ0v) is 17.2.